The van der Waals surface area contributed by atoms with Gasteiger partial charge in [0.2, 0.25) is 5.95 Å². The number of halogens is 3. The molecule has 0 bridgehead atoms. The van der Waals surface area contributed by atoms with Crippen LogP contribution in [0, 0.1) is 35.2 Å². The van der Waals surface area contributed by atoms with E-state index in [1.54, 1.807) is 0 Å². The predicted octanol–water partition coefficient (Wildman–Crippen LogP) is 4.28. The minimum absolute atomic E-state index is 0.0883. The summed E-state index contributed by atoms with van der Waals surface area (Å²) in [6.07, 6.45) is 6.97. The van der Waals surface area contributed by atoms with E-state index in [1.165, 1.54) is 12.3 Å². The number of piperidine rings is 1. The first kappa shape index (κ1) is 19.8. The van der Waals surface area contributed by atoms with Crippen molar-refractivity contribution in [3.63, 3.8) is 0 Å². The lowest BCUT2D eigenvalue weighted by atomic mass is 10.1. The molecule has 5 nitrogen and oxygen atoms in total. The highest BCUT2D eigenvalue weighted by atomic mass is 19.1. The number of rotatable bonds is 6. The van der Waals surface area contributed by atoms with E-state index in [-0.39, 0.29) is 23.7 Å². The van der Waals surface area contributed by atoms with Crippen LogP contribution in [0.1, 0.15) is 12.5 Å². The Balaban J connectivity index is 1.21. The van der Waals surface area contributed by atoms with Gasteiger partial charge in [0, 0.05) is 43.2 Å². The zero-order valence-electron chi connectivity index (χ0n) is 16.9. The monoisotopic (exact) mass is 426 g/mol. The molecule has 0 spiro atoms. The van der Waals surface area contributed by atoms with Crippen LogP contribution in [0.5, 0.6) is 5.75 Å². The highest BCUT2D eigenvalue weighted by Gasteiger charge is 2.56. The first-order chi connectivity index (χ1) is 15.0. The van der Waals surface area contributed by atoms with E-state index in [2.05, 4.69) is 26.8 Å². The normalized spacial score (nSPS) is 21.8. The van der Waals surface area contributed by atoms with Gasteiger partial charge in [-0.25, -0.2) is 23.1 Å². The Hall–Kier alpha value is -3.16. The number of benzene rings is 1. The molecule has 2 aliphatic rings. The molecule has 160 valence electrons. The molecule has 1 aliphatic carbocycles. The fraction of sp³-hybridized carbons (Fsp3) is 0.348. The number of nitrogens with zero attached hydrogens (tertiary/aromatic N) is 4. The smallest absolute Gasteiger partial charge is 0.225 e. The van der Waals surface area contributed by atoms with Crippen molar-refractivity contribution in [1.29, 1.82) is 0 Å². The Labute approximate surface area is 177 Å². The summed E-state index contributed by atoms with van der Waals surface area (Å²) in [4.78, 5) is 14.6. The van der Waals surface area contributed by atoms with Gasteiger partial charge in [-0.2, -0.15) is 0 Å². The maximum Gasteiger partial charge on any atom is 0.225 e. The standard InChI is InChI=1S/C23H21F3N4O/c1-2-13-7-28-23(29-8-13)30-10-16-17(11-30)18(16)12-31-22-19(24)5-14(6-20(22)25)15-3-4-27-9-21(15)26/h3-9,16-18H,2,10-12H2,1H3. The molecule has 1 saturated heterocycles. The van der Waals surface area contributed by atoms with Gasteiger partial charge in [-0.1, -0.05) is 6.92 Å². The van der Waals surface area contributed by atoms with E-state index in [4.69, 9.17) is 4.74 Å². The number of hydrogen-bond donors (Lipinski definition) is 0. The molecule has 8 heteroatoms. The van der Waals surface area contributed by atoms with Crippen molar-refractivity contribution in [2.24, 2.45) is 17.8 Å². The number of fused-ring (bicyclic) bond motifs is 1. The second kappa shape index (κ2) is 7.83. The summed E-state index contributed by atoms with van der Waals surface area (Å²) < 4.78 is 48.4. The van der Waals surface area contributed by atoms with Gasteiger partial charge in [0.15, 0.2) is 17.4 Å². The average Bonchev–Trinajstić information content (AvgIpc) is 3.22. The Kier molecular flexibility index (Phi) is 5.00. The Bertz CT molecular complexity index is 1070. The molecule has 3 heterocycles. The highest BCUT2D eigenvalue weighted by Crippen LogP contribution is 2.52. The molecule has 5 rings (SSSR count). The fourth-order valence-corrected chi connectivity index (χ4v) is 4.40. The van der Waals surface area contributed by atoms with Crippen molar-refractivity contribution < 1.29 is 17.9 Å². The van der Waals surface area contributed by atoms with Crippen molar-refractivity contribution in [2.45, 2.75) is 13.3 Å². The van der Waals surface area contributed by atoms with Gasteiger partial charge >= 0.3 is 0 Å². The summed E-state index contributed by atoms with van der Waals surface area (Å²) in [5, 5.41) is 0. The van der Waals surface area contributed by atoms with E-state index >= 15 is 0 Å². The second-order valence-corrected chi connectivity index (χ2v) is 8.08. The average molecular weight is 426 g/mol. The zero-order valence-corrected chi connectivity index (χ0v) is 16.9. The summed E-state index contributed by atoms with van der Waals surface area (Å²) in [7, 11) is 0. The number of hydrogen-bond acceptors (Lipinski definition) is 5. The molecule has 0 N–H and O–H groups in total. The fourth-order valence-electron chi connectivity index (χ4n) is 4.40. The predicted molar refractivity (Wildman–Crippen MR) is 109 cm³/mol. The van der Waals surface area contributed by atoms with Crippen LogP contribution in [0.4, 0.5) is 19.1 Å². The third-order valence-corrected chi connectivity index (χ3v) is 6.26. The molecule has 3 aromatic rings. The molecule has 0 radical (unpaired) electrons. The van der Waals surface area contributed by atoms with Crippen LogP contribution in [0.2, 0.25) is 0 Å². The number of pyridine rings is 1. The van der Waals surface area contributed by atoms with Crippen LogP contribution < -0.4 is 9.64 Å². The molecule has 1 aliphatic heterocycles. The molecule has 0 amide bonds. The van der Waals surface area contributed by atoms with Crippen LogP contribution in [-0.4, -0.2) is 34.6 Å². The first-order valence-corrected chi connectivity index (χ1v) is 10.3. The van der Waals surface area contributed by atoms with Gasteiger partial charge in [0.25, 0.3) is 0 Å². The number of aryl methyl sites for hydroxylation is 1. The molecule has 1 saturated carbocycles. The van der Waals surface area contributed by atoms with Gasteiger partial charge in [0.1, 0.15) is 5.82 Å². The number of anilines is 1. The lowest BCUT2D eigenvalue weighted by Crippen LogP contribution is -2.27. The largest absolute Gasteiger partial charge is 0.487 e. The van der Waals surface area contributed by atoms with Gasteiger partial charge < -0.3 is 9.64 Å². The maximum absolute atomic E-state index is 14.5. The summed E-state index contributed by atoms with van der Waals surface area (Å²) in [6.45, 7) is 3.94. The van der Waals surface area contributed by atoms with E-state index in [1.807, 2.05) is 12.4 Å². The van der Waals surface area contributed by atoms with E-state index in [0.717, 1.165) is 49.4 Å². The molecule has 2 atom stereocenters. The second-order valence-electron chi connectivity index (χ2n) is 8.08. The van der Waals surface area contributed by atoms with Gasteiger partial charge in [-0.3, -0.25) is 4.98 Å². The van der Waals surface area contributed by atoms with Crippen LogP contribution >= 0.6 is 0 Å². The van der Waals surface area contributed by atoms with Crippen LogP contribution in [-0.2, 0) is 6.42 Å². The van der Waals surface area contributed by atoms with Crippen molar-refractivity contribution >= 4 is 5.95 Å². The summed E-state index contributed by atoms with van der Waals surface area (Å²) in [5.74, 6) is -0.956. The van der Waals surface area contributed by atoms with Crippen molar-refractivity contribution in [2.75, 3.05) is 24.6 Å². The van der Waals surface area contributed by atoms with Crippen molar-refractivity contribution in [3.8, 4) is 16.9 Å². The van der Waals surface area contributed by atoms with Gasteiger partial charge in [-0.05, 0) is 47.6 Å². The highest BCUT2D eigenvalue weighted by molar-refractivity contribution is 5.64. The number of aromatic nitrogens is 3. The lowest BCUT2D eigenvalue weighted by Gasteiger charge is -2.20. The molecule has 31 heavy (non-hydrogen) atoms. The van der Waals surface area contributed by atoms with E-state index in [0.29, 0.717) is 11.8 Å². The minimum Gasteiger partial charge on any atom is -0.487 e. The van der Waals surface area contributed by atoms with Crippen LogP contribution in [0.3, 0.4) is 0 Å². The molecule has 2 fully saturated rings. The summed E-state index contributed by atoms with van der Waals surface area (Å²) in [5.41, 5.74) is 1.29. The lowest BCUT2D eigenvalue weighted by molar-refractivity contribution is 0.257. The van der Waals surface area contributed by atoms with Crippen molar-refractivity contribution in [1.82, 2.24) is 15.0 Å². The van der Waals surface area contributed by atoms with Crippen molar-refractivity contribution in [3.05, 3.63) is 66.0 Å². The first-order valence-electron chi connectivity index (χ1n) is 10.3. The van der Waals surface area contributed by atoms with E-state index in [9.17, 15) is 13.2 Å². The third-order valence-electron chi connectivity index (χ3n) is 6.26. The molecule has 2 unspecified atom stereocenters. The third kappa shape index (κ3) is 3.71. The SMILES string of the molecule is CCc1cnc(N2CC3C(COc4c(F)cc(-c5ccncc5F)cc4F)C3C2)nc1. The molecule has 1 aromatic carbocycles. The molecule has 2 aromatic heterocycles. The quantitative estimate of drug-likeness (QED) is 0.589. The Morgan fingerprint density at radius 1 is 1.00 bits per heavy atom. The molecular formula is C23H21F3N4O. The van der Waals surface area contributed by atoms with Crippen LogP contribution in [0.25, 0.3) is 11.1 Å². The zero-order chi connectivity index (χ0) is 21.5. The minimum atomic E-state index is -0.844. The maximum atomic E-state index is 14.5. The summed E-state index contributed by atoms with van der Waals surface area (Å²) >= 11 is 0. The topological polar surface area (TPSA) is 51.1 Å². The number of ether oxygens (including phenoxy) is 1. The van der Waals surface area contributed by atoms with Crippen LogP contribution in [0.15, 0.2) is 43.0 Å². The molecular weight excluding hydrogens is 405 g/mol. The van der Waals surface area contributed by atoms with E-state index < -0.39 is 23.2 Å². The van der Waals surface area contributed by atoms with Gasteiger partial charge in [0.05, 0.1) is 12.8 Å². The Morgan fingerprint density at radius 3 is 2.29 bits per heavy atom. The summed E-state index contributed by atoms with van der Waals surface area (Å²) in [6, 6.07) is 3.55. The Morgan fingerprint density at radius 2 is 1.68 bits per heavy atom. The van der Waals surface area contributed by atoms with Gasteiger partial charge in [-0.15, -0.1) is 0 Å².